The average Bonchev–Trinajstić information content (AvgIpc) is 3.17. The Balaban J connectivity index is 1.35. The average molecular weight is 644 g/mol. The molecule has 50 heavy (non-hydrogen) atoms. The summed E-state index contributed by atoms with van der Waals surface area (Å²) in [7, 11) is 0. The Bertz CT molecular complexity index is 2520. The summed E-state index contributed by atoms with van der Waals surface area (Å²) in [5.74, 6) is 0. The molecule has 0 heterocycles. The van der Waals surface area contributed by atoms with Crippen molar-refractivity contribution in [3.05, 3.63) is 185 Å². The van der Waals surface area contributed by atoms with Gasteiger partial charge in [-0.1, -0.05) is 153 Å². The molecule has 8 rings (SSSR count). The van der Waals surface area contributed by atoms with Gasteiger partial charge in [-0.3, -0.25) is 0 Å². The second-order valence-corrected chi connectivity index (χ2v) is 13.5. The van der Waals surface area contributed by atoms with E-state index in [0.29, 0.717) is 0 Å². The minimum atomic E-state index is 0.756. The van der Waals surface area contributed by atoms with Crippen LogP contribution in [0, 0.1) is 6.92 Å². The lowest BCUT2D eigenvalue weighted by molar-refractivity contribution is 0.995. The number of aryl methyl sites for hydroxylation is 2. The number of nitrogens with zero attached hydrogens (tertiary/aromatic N) is 1. The molecule has 0 fully saturated rings. The third-order valence-electron chi connectivity index (χ3n) is 10.4. The summed E-state index contributed by atoms with van der Waals surface area (Å²) in [5, 5.41) is 7.55. The number of benzene rings is 7. The van der Waals surface area contributed by atoms with Crippen LogP contribution in [0.5, 0.6) is 0 Å². The van der Waals surface area contributed by atoms with Crippen molar-refractivity contribution < 1.29 is 0 Å². The van der Waals surface area contributed by atoms with Crippen LogP contribution in [-0.4, -0.2) is 5.71 Å². The summed E-state index contributed by atoms with van der Waals surface area (Å²) in [5.41, 5.74) is 14.1. The predicted octanol–water partition coefficient (Wildman–Crippen LogP) is 13.4. The molecule has 0 spiro atoms. The maximum absolute atomic E-state index is 5.53. The molecule has 242 valence electrons. The van der Waals surface area contributed by atoms with Crippen molar-refractivity contribution in [2.24, 2.45) is 4.99 Å². The van der Waals surface area contributed by atoms with Crippen LogP contribution in [0.25, 0.3) is 60.8 Å². The summed E-state index contributed by atoms with van der Waals surface area (Å²) < 4.78 is 0. The third kappa shape index (κ3) is 5.69. The molecule has 0 saturated heterocycles. The van der Waals surface area contributed by atoms with Crippen LogP contribution in [0.4, 0.5) is 0 Å². The highest BCUT2D eigenvalue weighted by Gasteiger charge is 2.21. The summed E-state index contributed by atoms with van der Waals surface area (Å²) in [6.45, 7) is 11.3. The predicted molar refractivity (Wildman–Crippen MR) is 218 cm³/mol. The van der Waals surface area contributed by atoms with Gasteiger partial charge in [-0.05, 0) is 122 Å². The Morgan fingerprint density at radius 3 is 1.94 bits per heavy atom. The SMILES string of the molecule is C=C(N=C(/C(CC)=C(\C)c1cc2ccccc2c2c1C=CCC2)c1cc2ccccc2c2ccccc12)c1ccc(-c2ccc(C)cc2)cc1. The Labute approximate surface area is 295 Å². The molecule has 1 nitrogen and oxygen atoms in total. The zero-order chi connectivity index (χ0) is 34.2. The van der Waals surface area contributed by atoms with Crippen molar-refractivity contribution in [2.75, 3.05) is 0 Å². The zero-order valence-electron chi connectivity index (χ0n) is 29.1. The van der Waals surface area contributed by atoms with E-state index in [4.69, 9.17) is 4.99 Å². The van der Waals surface area contributed by atoms with Crippen LogP contribution >= 0.6 is 0 Å². The normalized spacial score (nSPS) is 13.5. The van der Waals surface area contributed by atoms with E-state index in [1.807, 2.05) is 0 Å². The Kier molecular flexibility index (Phi) is 8.34. The molecule has 0 aromatic heterocycles. The third-order valence-corrected chi connectivity index (χ3v) is 10.4. The summed E-state index contributed by atoms with van der Waals surface area (Å²) in [6.07, 6.45) is 7.63. The molecule has 0 atom stereocenters. The van der Waals surface area contributed by atoms with Crippen molar-refractivity contribution >= 4 is 55.4 Å². The molecular weight excluding hydrogens is 603 g/mol. The van der Waals surface area contributed by atoms with E-state index in [-0.39, 0.29) is 0 Å². The molecular formula is C49H41N. The number of hydrogen-bond acceptors (Lipinski definition) is 1. The standard InChI is InChI=1S/C49H41N/c1-5-40(33(3)47-30-38-14-6-8-16-41(38)43-18-10-12-20-45(43)47)49(48-31-39-15-7-9-17-42(39)44-19-11-13-21-46(44)48)50-34(4)35-26-28-37(29-27-35)36-24-22-32(2)23-25-36/h6-9,11-17,19-31H,4-5,10,18H2,1-3H3/b40-33+,50-49?. The van der Waals surface area contributed by atoms with Crippen molar-refractivity contribution in [1.29, 1.82) is 0 Å². The van der Waals surface area contributed by atoms with E-state index in [1.54, 1.807) is 0 Å². The van der Waals surface area contributed by atoms with Gasteiger partial charge in [0.1, 0.15) is 0 Å². The number of rotatable bonds is 7. The highest BCUT2D eigenvalue weighted by atomic mass is 14.8. The second-order valence-electron chi connectivity index (χ2n) is 13.5. The van der Waals surface area contributed by atoms with Gasteiger partial charge in [0.25, 0.3) is 0 Å². The van der Waals surface area contributed by atoms with E-state index in [2.05, 4.69) is 173 Å². The molecule has 0 N–H and O–H groups in total. The highest BCUT2D eigenvalue weighted by Crippen LogP contribution is 2.38. The maximum Gasteiger partial charge on any atom is 0.0750 e. The van der Waals surface area contributed by atoms with Gasteiger partial charge in [0.2, 0.25) is 0 Å². The van der Waals surface area contributed by atoms with Gasteiger partial charge in [-0.25, -0.2) is 4.99 Å². The smallest absolute Gasteiger partial charge is 0.0750 e. The van der Waals surface area contributed by atoms with Gasteiger partial charge in [0, 0.05) is 5.56 Å². The van der Waals surface area contributed by atoms with Crippen LogP contribution in [0.2, 0.25) is 0 Å². The Morgan fingerprint density at radius 2 is 1.24 bits per heavy atom. The first-order chi connectivity index (χ1) is 24.5. The number of fused-ring (bicyclic) bond motifs is 6. The van der Waals surface area contributed by atoms with Crippen molar-refractivity contribution in [3.8, 4) is 11.1 Å². The Hall–Kier alpha value is -5.79. The van der Waals surface area contributed by atoms with E-state index in [9.17, 15) is 0 Å². The quantitative estimate of drug-likeness (QED) is 0.121. The van der Waals surface area contributed by atoms with Gasteiger partial charge in [0.05, 0.1) is 11.4 Å². The van der Waals surface area contributed by atoms with Crippen molar-refractivity contribution in [1.82, 2.24) is 0 Å². The first-order valence-electron chi connectivity index (χ1n) is 17.8. The first kappa shape index (κ1) is 31.5. The van der Waals surface area contributed by atoms with Crippen LogP contribution in [0.15, 0.2) is 157 Å². The van der Waals surface area contributed by atoms with Crippen molar-refractivity contribution in [2.45, 2.75) is 40.0 Å². The maximum atomic E-state index is 5.53. The van der Waals surface area contributed by atoms with Gasteiger partial charge >= 0.3 is 0 Å². The molecule has 1 aliphatic carbocycles. The van der Waals surface area contributed by atoms with Crippen LogP contribution in [0.3, 0.4) is 0 Å². The van der Waals surface area contributed by atoms with Crippen LogP contribution < -0.4 is 0 Å². The minimum Gasteiger partial charge on any atom is -0.248 e. The largest absolute Gasteiger partial charge is 0.248 e. The molecule has 7 aromatic carbocycles. The molecule has 0 radical (unpaired) electrons. The monoisotopic (exact) mass is 643 g/mol. The fraction of sp³-hybridized carbons (Fsp3) is 0.122. The molecule has 0 amide bonds. The summed E-state index contributed by atoms with van der Waals surface area (Å²) in [4.78, 5) is 5.53. The van der Waals surface area contributed by atoms with Gasteiger partial charge in [0.15, 0.2) is 0 Å². The Morgan fingerprint density at radius 1 is 0.660 bits per heavy atom. The topological polar surface area (TPSA) is 12.4 Å². The fourth-order valence-electron chi connectivity index (χ4n) is 7.75. The molecule has 7 aromatic rings. The minimum absolute atomic E-state index is 0.756. The van der Waals surface area contributed by atoms with E-state index in [1.165, 1.54) is 76.8 Å². The fourth-order valence-corrected chi connectivity index (χ4v) is 7.75. The molecule has 0 unspecified atom stereocenters. The lowest BCUT2D eigenvalue weighted by Gasteiger charge is -2.22. The lowest BCUT2D eigenvalue weighted by atomic mass is 9.82. The molecule has 0 saturated carbocycles. The molecule has 0 aliphatic heterocycles. The number of hydrogen-bond donors (Lipinski definition) is 0. The summed E-state index contributed by atoms with van der Waals surface area (Å²) in [6, 6.07) is 48.4. The summed E-state index contributed by atoms with van der Waals surface area (Å²) >= 11 is 0. The van der Waals surface area contributed by atoms with Crippen LogP contribution in [-0.2, 0) is 6.42 Å². The molecule has 0 bridgehead atoms. The van der Waals surface area contributed by atoms with Gasteiger partial charge in [-0.2, -0.15) is 0 Å². The zero-order valence-corrected chi connectivity index (χ0v) is 29.1. The van der Waals surface area contributed by atoms with Crippen molar-refractivity contribution in [3.63, 3.8) is 0 Å². The van der Waals surface area contributed by atoms with E-state index >= 15 is 0 Å². The van der Waals surface area contributed by atoms with Crippen LogP contribution in [0.1, 0.15) is 60.1 Å². The number of allylic oxidation sites excluding steroid dienone is 3. The first-order valence-corrected chi connectivity index (χ1v) is 17.8. The van der Waals surface area contributed by atoms with E-state index < -0.39 is 0 Å². The number of aliphatic imine (C=N–C) groups is 1. The molecule has 1 heteroatoms. The molecule has 1 aliphatic rings. The second kappa shape index (κ2) is 13.3. The van der Waals surface area contributed by atoms with Gasteiger partial charge in [-0.15, -0.1) is 0 Å². The lowest BCUT2D eigenvalue weighted by Crippen LogP contribution is -2.10. The van der Waals surface area contributed by atoms with E-state index in [0.717, 1.165) is 41.8 Å². The van der Waals surface area contributed by atoms with Gasteiger partial charge < -0.3 is 0 Å². The highest BCUT2D eigenvalue weighted by molar-refractivity contribution is 6.26.